The monoisotopic (exact) mass is 501 g/mol. The van der Waals surface area contributed by atoms with E-state index in [1.165, 1.54) is 10.4 Å². The summed E-state index contributed by atoms with van der Waals surface area (Å²) < 4.78 is 43.8. The van der Waals surface area contributed by atoms with Gasteiger partial charge in [-0.2, -0.15) is 4.31 Å². The number of hydrogen-bond acceptors (Lipinski definition) is 7. The molecule has 1 atom stereocenters. The molecule has 0 bridgehead atoms. The van der Waals surface area contributed by atoms with E-state index in [4.69, 9.17) is 14.2 Å². The Hall–Kier alpha value is -3.15. The molecule has 186 valence electrons. The van der Waals surface area contributed by atoms with E-state index in [9.17, 15) is 18.0 Å². The second-order valence-electron chi connectivity index (χ2n) is 8.72. The summed E-state index contributed by atoms with van der Waals surface area (Å²) >= 11 is 0. The van der Waals surface area contributed by atoms with Crippen molar-refractivity contribution < 1.29 is 32.2 Å². The number of carbonyl (C=O) groups is 2. The standard InChI is InChI=1S/C24H27N3O7S/c1-16-2-4-19(35(30,31)26-6-8-32-9-7-26)14-20(16)25-24(29)17-12-23(28)27(15-17)18-3-5-21-22(13-18)34-11-10-33-21/h2-5,13-14,17H,6-12,15H2,1H3,(H,25,29)/t17-/m1/s1. The van der Waals surface area contributed by atoms with E-state index in [0.717, 1.165) is 5.56 Å². The molecule has 3 heterocycles. The number of rotatable bonds is 5. The average molecular weight is 502 g/mol. The number of nitrogens with zero attached hydrogens (tertiary/aromatic N) is 2. The molecule has 2 amide bonds. The molecule has 1 N–H and O–H groups in total. The third-order valence-corrected chi connectivity index (χ3v) is 8.30. The van der Waals surface area contributed by atoms with Gasteiger partial charge >= 0.3 is 0 Å². The maximum atomic E-state index is 13.1. The molecule has 2 saturated heterocycles. The fourth-order valence-electron chi connectivity index (χ4n) is 4.40. The van der Waals surface area contributed by atoms with Crippen molar-refractivity contribution in [2.45, 2.75) is 18.2 Å². The van der Waals surface area contributed by atoms with Crippen LogP contribution in [0.2, 0.25) is 0 Å². The molecule has 0 aliphatic carbocycles. The second-order valence-corrected chi connectivity index (χ2v) is 10.7. The number of morpholine rings is 1. The molecule has 2 aromatic carbocycles. The molecule has 0 radical (unpaired) electrons. The molecule has 35 heavy (non-hydrogen) atoms. The highest BCUT2D eigenvalue weighted by Crippen LogP contribution is 2.36. The van der Waals surface area contributed by atoms with E-state index >= 15 is 0 Å². The van der Waals surface area contributed by atoms with Crippen molar-refractivity contribution in [2.75, 3.05) is 56.3 Å². The first-order valence-electron chi connectivity index (χ1n) is 11.5. The zero-order chi connectivity index (χ0) is 24.6. The first kappa shape index (κ1) is 23.6. The van der Waals surface area contributed by atoms with Crippen LogP contribution in [0.4, 0.5) is 11.4 Å². The Labute approximate surface area is 203 Å². The van der Waals surface area contributed by atoms with Crippen LogP contribution >= 0.6 is 0 Å². The van der Waals surface area contributed by atoms with Gasteiger partial charge in [0.1, 0.15) is 13.2 Å². The van der Waals surface area contributed by atoms with Crippen molar-refractivity contribution in [1.29, 1.82) is 0 Å². The molecule has 3 aliphatic rings. The highest BCUT2D eigenvalue weighted by molar-refractivity contribution is 7.89. The third kappa shape index (κ3) is 4.71. The Bertz CT molecular complexity index is 1260. The summed E-state index contributed by atoms with van der Waals surface area (Å²) in [4.78, 5) is 27.5. The van der Waals surface area contributed by atoms with E-state index in [-0.39, 0.29) is 42.8 Å². The number of carbonyl (C=O) groups excluding carboxylic acids is 2. The van der Waals surface area contributed by atoms with Gasteiger partial charge in [-0.15, -0.1) is 0 Å². The first-order valence-corrected chi connectivity index (χ1v) is 13.0. The largest absolute Gasteiger partial charge is 0.486 e. The summed E-state index contributed by atoms with van der Waals surface area (Å²) in [7, 11) is -3.70. The van der Waals surface area contributed by atoms with Crippen LogP contribution in [0.15, 0.2) is 41.3 Å². The van der Waals surface area contributed by atoms with E-state index in [2.05, 4.69) is 5.32 Å². The predicted molar refractivity (Wildman–Crippen MR) is 127 cm³/mol. The van der Waals surface area contributed by atoms with Gasteiger partial charge in [-0.1, -0.05) is 6.07 Å². The molecule has 3 aliphatic heterocycles. The molecular formula is C24H27N3O7S. The van der Waals surface area contributed by atoms with E-state index in [1.54, 1.807) is 42.2 Å². The summed E-state index contributed by atoms with van der Waals surface area (Å²) in [6.45, 7) is 4.21. The number of anilines is 2. The number of hydrogen-bond donors (Lipinski definition) is 1. The van der Waals surface area contributed by atoms with Crippen LogP contribution in [0.25, 0.3) is 0 Å². The zero-order valence-corrected chi connectivity index (χ0v) is 20.2. The smallest absolute Gasteiger partial charge is 0.243 e. The lowest BCUT2D eigenvalue weighted by Gasteiger charge is -2.26. The number of amides is 2. The Balaban J connectivity index is 1.30. The molecule has 5 rings (SSSR count). The number of ether oxygens (including phenoxy) is 3. The number of fused-ring (bicyclic) bond motifs is 1. The Morgan fingerprint density at radius 1 is 1.00 bits per heavy atom. The highest BCUT2D eigenvalue weighted by atomic mass is 32.2. The maximum absolute atomic E-state index is 13.1. The van der Waals surface area contributed by atoms with Crippen LogP contribution in [0.3, 0.4) is 0 Å². The molecule has 10 nitrogen and oxygen atoms in total. The molecule has 0 spiro atoms. The van der Waals surface area contributed by atoms with Crippen LogP contribution in [0.1, 0.15) is 12.0 Å². The van der Waals surface area contributed by atoms with Crippen LogP contribution in [-0.4, -0.2) is 70.6 Å². The van der Waals surface area contributed by atoms with E-state index in [1.807, 2.05) is 0 Å². The lowest BCUT2D eigenvalue weighted by molar-refractivity contribution is -0.122. The minimum atomic E-state index is -3.70. The molecule has 2 fully saturated rings. The average Bonchev–Trinajstić information content (AvgIpc) is 3.27. The van der Waals surface area contributed by atoms with Gasteiger partial charge in [0.05, 0.1) is 24.0 Å². The highest BCUT2D eigenvalue weighted by Gasteiger charge is 2.36. The summed E-state index contributed by atoms with van der Waals surface area (Å²) in [5.74, 6) is 0.130. The normalized spacial score (nSPS) is 20.7. The van der Waals surface area contributed by atoms with Crippen molar-refractivity contribution in [3.05, 3.63) is 42.0 Å². The minimum Gasteiger partial charge on any atom is -0.486 e. The van der Waals surface area contributed by atoms with Gasteiger partial charge in [0.15, 0.2) is 11.5 Å². The summed E-state index contributed by atoms with van der Waals surface area (Å²) in [5, 5.41) is 2.84. The van der Waals surface area contributed by atoms with E-state index in [0.29, 0.717) is 49.3 Å². The molecule has 0 unspecified atom stereocenters. The minimum absolute atomic E-state index is 0.0606. The number of sulfonamides is 1. The fourth-order valence-corrected chi connectivity index (χ4v) is 5.83. The van der Waals surface area contributed by atoms with Crippen LogP contribution in [0, 0.1) is 12.8 Å². The van der Waals surface area contributed by atoms with Crippen molar-refractivity contribution in [3.63, 3.8) is 0 Å². The maximum Gasteiger partial charge on any atom is 0.243 e. The quantitative estimate of drug-likeness (QED) is 0.664. The Kier molecular flexibility index (Phi) is 6.39. The Morgan fingerprint density at radius 3 is 2.51 bits per heavy atom. The van der Waals surface area contributed by atoms with Gasteiger partial charge in [-0.3, -0.25) is 9.59 Å². The third-order valence-electron chi connectivity index (χ3n) is 6.41. The van der Waals surface area contributed by atoms with Gasteiger partial charge in [-0.25, -0.2) is 8.42 Å². The van der Waals surface area contributed by atoms with Crippen LogP contribution in [-0.2, 0) is 24.3 Å². The van der Waals surface area contributed by atoms with Gasteiger partial charge < -0.3 is 24.4 Å². The first-order chi connectivity index (χ1) is 16.8. The van der Waals surface area contributed by atoms with Crippen molar-refractivity contribution in [2.24, 2.45) is 5.92 Å². The van der Waals surface area contributed by atoms with Gasteiger partial charge in [0.25, 0.3) is 0 Å². The van der Waals surface area contributed by atoms with Gasteiger partial charge in [0, 0.05) is 43.5 Å². The fraction of sp³-hybridized carbons (Fsp3) is 0.417. The molecular weight excluding hydrogens is 474 g/mol. The summed E-state index contributed by atoms with van der Waals surface area (Å²) in [6, 6.07) is 9.97. The molecule has 11 heteroatoms. The summed E-state index contributed by atoms with van der Waals surface area (Å²) in [5.41, 5.74) is 1.78. The number of nitrogens with one attached hydrogen (secondary N) is 1. The molecule has 2 aromatic rings. The van der Waals surface area contributed by atoms with Crippen LogP contribution in [0.5, 0.6) is 11.5 Å². The van der Waals surface area contributed by atoms with Crippen molar-refractivity contribution in [1.82, 2.24) is 4.31 Å². The van der Waals surface area contributed by atoms with Crippen LogP contribution < -0.4 is 19.7 Å². The van der Waals surface area contributed by atoms with Crippen molar-refractivity contribution >= 4 is 33.2 Å². The Morgan fingerprint density at radius 2 is 1.74 bits per heavy atom. The zero-order valence-electron chi connectivity index (χ0n) is 19.4. The predicted octanol–water partition coefficient (Wildman–Crippen LogP) is 1.78. The second kappa shape index (κ2) is 9.48. The molecule has 0 aromatic heterocycles. The number of aryl methyl sites for hydroxylation is 1. The molecule has 0 saturated carbocycles. The topological polar surface area (TPSA) is 114 Å². The SMILES string of the molecule is Cc1ccc(S(=O)(=O)N2CCOCC2)cc1NC(=O)[C@@H]1CC(=O)N(c2ccc3c(c2)OCCO3)C1. The van der Waals surface area contributed by atoms with Gasteiger partial charge in [0.2, 0.25) is 21.8 Å². The van der Waals surface area contributed by atoms with Gasteiger partial charge in [-0.05, 0) is 36.8 Å². The number of benzene rings is 2. The lowest BCUT2D eigenvalue weighted by atomic mass is 10.1. The van der Waals surface area contributed by atoms with E-state index < -0.39 is 15.9 Å². The summed E-state index contributed by atoms with van der Waals surface area (Å²) in [6.07, 6.45) is 0.0606. The lowest BCUT2D eigenvalue weighted by Crippen LogP contribution is -2.40. The van der Waals surface area contributed by atoms with Crippen molar-refractivity contribution in [3.8, 4) is 11.5 Å².